The van der Waals surface area contributed by atoms with Crippen molar-refractivity contribution in [3.63, 3.8) is 0 Å². The first-order valence-corrected chi connectivity index (χ1v) is 11.2. The second-order valence-corrected chi connectivity index (χ2v) is 10.5. The Balaban J connectivity index is 1.66. The lowest BCUT2D eigenvalue weighted by Crippen LogP contribution is -3.13. The van der Waals surface area contributed by atoms with Crippen molar-refractivity contribution in [2.45, 2.75) is 36.9 Å². The highest BCUT2D eigenvalue weighted by Gasteiger charge is 2.43. The van der Waals surface area contributed by atoms with Crippen molar-refractivity contribution < 1.29 is 13.3 Å². The van der Waals surface area contributed by atoms with Gasteiger partial charge in [-0.05, 0) is 30.4 Å². The highest BCUT2D eigenvalue weighted by Crippen LogP contribution is 2.42. The summed E-state index contributed by atoms with van der Waals surface area (Å²) in [5, 5.41) is 2.17. The summed E-state index contributed by atoms with van der Waals surface area (Å²) < 4.78 is 27.6. The maximum Gasteiger partial charge on any atom is 0.254 e. The number of pyridine rings is 1. The minimum Gasteiger partial charge on any atom is -0.311 e. The molecule has 8 heteroatoms. The summed E-state index contributed by atoms with van der Waals surface area (Å²) in [6.07, 6.45) is 5.01. The zero-order valence-corrected chi connectivity index (χ0v) is 16.6. The van der Waals surface area contributed by atoms with E-state index < -0.39 is 10.0 Å². The molecule has 0 bridgehead atoms. The quantitative estimate of drug-likeness (QED) is 0.812. The van der Waals surface area contributed by atoms with Crippen molar-refractivity contribution >= 4 is 21.4 Å². The second-order valence-electron chi connectivity index (χ2n) is 7.39. The molecule has 1 N–H and O–H groups in total. The van der Waals surface area contributed by atoms with Gasteiger partial charge in [-0.2, -0.15) is 0 Å². The Morgan fingerprint density at radius 1 is 1.27 bits per heavy atom. The molecule has 4 rings (SSSR count). The highest BCUT2D eigenvalue weighted by molar-refractivity contribution is 7.89. The van der Waals surface area contributed by atoms with Crippen molar-refractivity contribution in [1.29, 1.82) is 0 Å². The van der Waals surface area contributed by atoms with E-state index in [9.17, 15) is 13.2 Å². The van der Waals surface area contributed by atoms with Gasteiger partial charge in [0.1, 0.15) is 6.04 Å². The highest BCUT2D eigenvalue weighted by atomic mass is 32.2. The van der Waals surface area contributed by atoms with Gasteiger partial charge in [0, 0.05) is 49.1 Å². The number of hydrogen-bond acceptors (Lipinski definition) is 4. The smallest absolute Gasteiger partial charge is 0.254 e. The first-order chi connectivity index (χ1) is 12.4. The number of rotatable bonds is 5. The molecule has 0 aromatic carbocycles. The van der Waals surface area contributed by atoms with Gasteiger partial charge in [-0.15, -0.1) is 11.3 Å². The molecule has 2 aromatic heterocycles. The number of thiophene rings is 1. The Kier molecular flexibility index (Phi) is 4.54. The first-order valence-electron chi connectivity index (χ1n) is 8.92. The normalized spacial score (nSPS) is 23.2. The van der Waals surface area contributed by atoms with E-state index in [0.29, 0.717) is 18.6 Å². The fourth-order valence-corrected chi connectivity index (χ4v) is 5.74. The number of fused-ring (bicyclic) bond motifs is 1. The molecule has 1 aliphatic heterocycles. The lowest BCUT2D eigenvalue weighted by atomic mass is 9.96. The lowest BCUT2D eigenvalue weighted by Gasteiger charge is -2.33. The number of quaternary nitrogens is 1. The summed E-state index contributed by atoms with van der Waals surface area (Å²) in [7, 11) is -0.544. The van der Waals surface area contributed by atoms with Crippen LogP contribution in [0.5, 0.6) is 0 Å². The van der Waals surface area contributed by atoms with Crippen LogP contribution in [-0.4, -0.2) is 37.9 Å². The van der Waals surface area contributed by atoms with E-state index >= 15 is 0 Å². The van der Waals surface area contributed by atoms with Crippen molar-refractivity contribution in [2.75, 3.05) is 20.6 Å². The van der Waals surface area contributed by atoms with Crippen LogP contribution in [0.1, 0.15) is 29.3 Å². The molecular weight excluding hydrogens is 370 g/mol. The van der Waals surface area contributed by atoms with Crippen LogP contribution in [0.4, 0.5) is 0 Å². The van der Waals surface area contributed by atoms with Crippen LogP contribution in [-0.2, 0) is 23.1 Å². The van der Waals surface area contributed by atoms with E-state index in [1.54, 1.807) is 4.57 Å². The van der Waals surface area contributed by atoms with Gasteiger partial charge in [-0.1, -0.05) is 0 Å². The Morgan fingerprint density at radius 2 is 2.04 bits per heavy atom. The Hall–Kier alpha value is -1.48. The molecule has 1 fully saturated rings. The second kappa shape index (κ2) is 6.60. The topological polar surface area (TPSA) is 63.8 Å². The van der Waals surface area contributed by atoms with Gasteiger partial charge < -0.3 is 4.90 Å². The minimum absolute atomic E-state index is 0.152. The van der Waals surface area contributed by atoms with E-state index in [0.717, 1.165) is 13.0 Å². The Bertz CT molecular complexity index is 974. The monoisotopic (exact) mass is 394 g/mol. The number of hydrogen-bond donors (Lipinski definition) is 1. The van der Waals surface area contributed by atoms with E-state index in [1.807, 2.05) is 11.3 Å². The fraction of sp³-hybridized carbons (Fsp3) is 0.500. The molecule has 0 spiro atoms. The van der Waals surface area contributed by atoms with Gasteiger partial charge >= 0.3 is 0 Å². The van der Waals surface area contributed by atoms with Crippen LogP contribution in [0.2, 0.25) is 0 Å². The molecule has 2 aromatic rings. The van der Waals surface area contributed by atoms with Crippen LogP contribution in [0.3, 0.4) is 0 Å². The van der Waals surface area contributed by atoms with Crippen LogP contribution in [0, 0.1) is 5.92 Å². The number of nitrogens with zero attached hydrogens (tertiary/aromatic N) is 2. The molecule has 2 atom stereocenters. The molecule has 6 nitrogen and oxygen atoms in total. The predicted octanol–water partition coefficient (Wildman–Crippen LogP) is 0.710. The van der Waals surface area contributed by atoms with E-state index in [-0.39, 0.29) is 10.5 Å². The molecule has 1 unspecified atom stereocenters. The average Bonchev–Trinajstić information content (AvgIpc) is 3.32. The van der Waals surface area contributed by atoms with Gasteiger partial charge in [0.25, 0.3) is 5.56 Å². The summed E-state index contributed by atoms with van der Waals surface area (Å²) in [6, 6.07) is 5.42. The van der Waals surface area contributed by atoms with Crippen molar-refractivity contribution in [2.24, 2.45) is 5.92 Å². The van der Waals surface area contributed by atoms with Gasteiger partial charge in [-0.25, -0.2) is 12.7 Å². The summed E-state index contributed by atoms with van der Waals surface area (Å²) in [5.41, 5.74) is 1.28. The number of nitrogens with one attached hydrogen (secondary N) is 1. The van der Waals surface area contributed by atoms with Crippen molar-refractivity contribution in [3.8, 4) is 0 Å². The maximum absolute atomic E-state index is 12.4. The van der Waals surface area contributed by atoms with Gasteiger partial charge in [0.05, 0.1) is 11.4 Å². The van der Waals surface area contributed by atoms with E-state index in [2.05, 4.69) is 11.4 Å². The number of sulfonamides is 1. The van der Waals surface area contributed by atoms with Gasteiger partial charge in [-0.3, -0.25) is 9.36 Å². The fourth-order valence-electron chi connectivity index (χ4n) is 3.89. The lowest BCUT2D eigenvalue weighted by molar-refractivity contribution is -0.958. The van der Waals surface area contributed by atoms with Gasteiger partial charge in [0.15, 0.2) is 6.67 Å². The largest absolute Gasteiger partial charge is 0.311 e. The van der Waals surface area contributed by atoms with Crippen LogP contribution >= 0.6 is 11.3 Å². The van der Waals surface area contributed by atoms with Crippen molar-refractivity contribution in [1.82, 2.24) is 8.87 Å². The molecule has 1 aliphatic carbocycles. The Labute approximate surface area is 157 Å². The van der Waals surface area contributed by atoms with Gasteiger partial charge in [0.2, 0.25) is 10.0 Å². The molecule has 0 radical (unpaired) electrons. The van der Waals surface area contributed by atoms with E-state index in [1.165, 1.54) is 64.9 Å². The third-order valence-corrected chi connectivity index (χ3v) is 8.22. The minimum atomic E-state index is -3.55. The molecule has 0 saturated heterocycles. The zero-order valence-electron chi connectivity index (χ0n) is 15.0. The third kappa shape index (κ3) is 3.15. The summed E-state index contributed by atoms with van der Waals surface area (Å²) in [5.74, 6) is 0.683. The summed E-state index contributed by atoms with van der Waals surface area (Å²) in [4.78, 5) is 15.4. The van der Waals surface area contributed by atoms with Crippen LogP contribution in [0.25, 0.3) is 0 Å². The standard InChI is InChI=1S/C18H23N3O3S2/c1-19(2)26(23,24)14-5-6-17(22)21(11-14)12-20-9-7-16-15(8-10-25-16)18(20)13-3-4-13/h5-6,8,10-11,13,18H,3-4,7,9,12H2,1-2H3/p+1/t18-/m1/s1. The molecule has 140 valence electrons. The third-order valence-electron chi connectivity index (χ3n) is 5.43. The molecule has 1 saturated carbocycles. The number of aromatic nitrogens is 1. The zero-order chi connectivity index (χ0) is 18.5. The van der Waals surface area contributed by atoms with Crippen LogP contribution in [0.15, 0.2) is 39.5 Å². The SMILES string of the molecule is CN(C)S(=O)(=O)c1ccc(=O)n(C[NH+]2CCc3sccc3[C@H]2C2CC2)c1. The van der Waals surface area contributed by atoms with Crippen LogP contribution < -0.4 is 10.5 Å². The molecule has 3 heterocycles. The van der Waals surface area contributed by atoms with E-state index in [4.69, 9.17) is 0 Å². The average molecular weight is 395 g/mol. The Morgan fingerprint density at radius 3 is 2.73 bits per heavy atom. The molecular formula is C18H24N3O3S2+. The summed E-state index contributed by atoms with van der Waals surface area (Å²) in [6.45, 7) is 1.48. The first kappa shape index (κ1) is 17.9. The maximum atomic E-state index is 12.4. The summed E-state index contributed by atoms with van der Waals surface area (Å²) >= 11 is 1.83. The van der Waals surface area contributed by atoms with Crippen molar-refractivity contribution in [3.05, 3.63) is 50.6 Å². The molecule has 2 aliphatic rings. The molecule has 26 heavy (non-hydrogen) atoms. The molecule has 0 amide bonds. The predicted molar refractivity (Wildman–Crippen MR) is 101 cm³/mol.